The number of hydrogen-bond donors (Lipinski definition) is 2. The van der Waals surface area contributed by atoms with Gasteiger partial charge in [0.25, 0.3) is 0 Å². The van der Waals surface area contributed by atoms with Crippen molar-refractivity contribution in [2.24, 2.45) is 5.92 Å². The van der Waals surface area contributed by atoms with Gasteiger partial charge < -0.3 is 15.2 Å². The third kappa shape index (κ3) is 7.08. The number of fused-ring (bicyclic) bond motifs is 1. The number of nitrogens with zero attached hydrogens (tertiary/aromatic N) is 2. The number of aryl methyl sites for hydroxylation is 1. The number of hydrogen-bond acceptors (Lipinski definition) is 3. The molecule has 0 aliphatic heterocycles. The normalized spacial score (nSPS) is 14.4. The molecular weight excluding hydrogens is 471 g/mol. The van der Waals surface area contributed by atoms with Gasteiger partial charge in [0.1, 0.15) is 0 Å². The fourth-order valence-corrected chi connectivity index (χ4v) is 4.36. The Morgan fingerprint density at radius 2 is 1.74 bits per heavy atom. The Kier molecular flexibility index (Phi) is 9.54. The highest BCUT2D eigenvalue weighted by Gasteiger charge is 2.28. The number of H-pyrrole nitrogens is 1. The highest BCUT2D eigenvalue weighted by molar-refractivity contribution is 6.31. The molecule has 2 N–H and O–H groups in total. The van der Waals surface area contributed by atoms with Gasteiger partial charge in [-0.25, -0.2) is 4.98 Å². The summed E-state index contributed by atoms with van der Waals surface area (Å²) in [6, 6.07) is 15.1. The van der Waals surface area contributed by atoms with Gasteiger partial charge in [0.2, 0.25) is 11.8 Å². The van der Waals surface area contributed by atoms with E-state index in [9.17, 15) is 9.59 Å². The molecule has 0 fully saturated rings. The minimum Gasteiger partial charge on any atom is -0.359 e. The molecule has 34 heavy (non-hydrogen) atoms. The summed E-state index contributed by atoms with van der Waals surface area (Å²) < 4.78 is 0. The van der Waals surface area contributed by atoms with Gasteiger partial charge in [0.15, 0.2) is 0 Å². The molecule has 0 saturated carbocycles. The number of benzene rings is 2. The van der Waals surface area contributed by atoms with Crippen LogP contribution in [-0.4, -0.2) is 47.3 Å². The second-order valence-electron chi connectivity index (χ2n) is 8.31. The van der Waals surface area contributed by atoms with E-state index in [-0.39, 0.29) is 17.7 Å². The number of likely N-dealkylation sites (N-methyl/N-ethyl adjacent to an activating group) is 2. The van der Waals surface area contributed by atoms with Crippen molar-refractivity contribution in [3.8, 4) is 0 Å². The first-order valence-electron chi connectivity index (χ1n) is 11.3. The molecule has 1 atom stereocenters. The van der Waals surface area contributed by atoms with Crippen LogP contribution in [0.1, 0.15) is 28.9 Å². The lowest BCUT2D eigenvalue weighted by atomic mass is 9.89. The van der Waals surface area contributed by atoms with E-state index in [0.29, 0.717) is 18.0 Å². The Balaban J connectivity index is 0.000000229. The molecule has 1 unspecified atom stereocenters. The van der Waals surface area contributed by atoms with Crippen LogP contribution in [-0.2, 0) is 35.3 Å². The van der Waals surface area contributed by atoms with Crippen molar-refractivity contribution in [1.82, 2.24) is 20.2 Å². The zero-order chi connectivity index (χ0) is 24.5. The molecule has 1 heterocycles. The van der Waals surface area contributed by atoms with E-state index in [4.69, 9.17) is 23.2 Å². The lowest BCUT2D eigenvalue weighted by Gasteiger charge is -2.26. The van der Waals surface area contributed by atoms with Crippen LogP contribution in [0.4, 0.5) is 0 Å². The second kappa shape index (κ2) is 12.6. The molecule has 0 saturated heterocycles. The zero-order valence-electron chi connectivity index (χ0n) is 19.5. The third-order valence-corrected chi connectivity index (χ3v) is 6.71. The highest BCUT2D eigenvalue weighted by atomic mass is 35.5. The third-order valence-electron chi connectivity index (χ3n) is 5.98. The van der Waals surface area contributed by atoms with Gasteiger partial charge in [0, 0.05) is 48.7 Å². The summed E-state index contributed by atoms with van der Waals surface area (Å²) in [6.45, 7) is 0.689. The Bertz CT molecular complexity index is 1120. The number of aromatic amines is 1. The summed E-state index contributed by atoms with van der Waals surface area (Å²) in [4.78, 5) is 32.8. The summed E-state index contributed by atoms with van der Waals surface area (Å²) >= 11 is 12.0. The molecule has 1 aromatic heterocycles. The van der Waals surface area contributed by atoms with E-state index in [0.717, 1.165) is 53.2 Å². The molecule has 0 radical (unpaired) electrons. The van der Waals surface area contributed by atoms with Crippen LogP contribution in [0.15, 0.2) is 54.9 Å². The Morgan fingerprint density at radius 1 is 1.09 bits per heavy atom. The first kappa shape index (κ1) is 25.8. The smallest absolute Gasteiger partial charge is 0.225 e. The molecule has 0 spiro atoms. The number of imidazole rings is 1. The number of halogens is 2. The van der Waals surface area contributed by atoms with Gasteiger partial charge in [-0.2, -0.15) is 0 Å². The maximum Gasteiger partial charge on any atom is 0.225 e. The second-order valence-corrected chi connectivity index (χ2v) is 9.12. The fraction of sp³-hybridized carbons (Fsp3) is 0.346. The van der Waals surface area contributed by atoms with E-state index in [2.05, 4.69) is 15.3 Å². The molecule has 180 valence electrons. The summed E-state index contributed by atoms with van der Waals surface area (Å²) in [5.74, 6) is 0.250. The number of nitrogens with one attached hydrogen (secondary N) is 2. The summed E-state index contributed by atoms with van der Waals surface area (Å²) in [6.07, 6.45) is 5.38. The summed E-state index contributed by atoms with van der Waals surface area (Å²) in [5, 5.41) is 3.95. The first-order chi connectivity index (χ1) is 16.4. The van der Waals surface area contributed by atoms with Crippen LogP contribution in [0.2, 0.25) is 10.0 Å². The van der Waals surface area contributed by atoms with Crippen LogP contribution in [0, 0.1) is 5.92 Å². The number of carbonyl (C=O) groups excluding carboxylic acids is 2. The molecule has 1 aliphatic rings. The topological polar surface area (TPSA) is 78.1 Å². The van der Waals surface area contributed by atoms with Gasteiger partial charge >= 0.3 is 0 Å². The first-order valence-corrected chi connectivity index (χ1v) is 12.1. The SMILES string of the molecule is CN(CCc1ccccc1Cl)C(=O)C1CCc2nc[nH]c2C1.CNC(=O)Cc1ccccc1Cl. The van der Waals surface area contributed by atoms with Crippen molar-refractivity contribution >= 4 is 35.0 Å². The lowest BCUT2D eigenvalue weighted by Crippen LogP contribution is -2.37. The van der Waals surface area contributed by atoms with Crippen molar-refractivity contribution < 1.29 is 9.59 Å². The molecule has 2 amide bonds. The largest absolute Gasteiger partial charge is 0.359 e. The van der Waals surface area contributed by atoms with Crippen LogP contribution in [0.3, 0.4) is 0 Å². The van der Waals surface area contributed by atoms with Gasteiger partial charge in [-0.05, 0) is 42.5 Å². The van der Waals surface area contributed by atoms with Gasteiger partial charge in [-0.15, -0.1) is 0 Å². The van der Waals surface area contributed by atoms with Gasteiger partial charge in [0.05, 0.1) is 18.4 Å². The van der Waals surface area contributed by atoms with Crippen molar-refractivity contribution in [1.29, 1.82) is 0 Å². The molecule has 8 heteroatoms. The van der Waals surface area contributed by atoms with Crippen LogP contribution >= 0.6 is 23.2 Å². The number of aromatic nitrogens is 2. The van der Waals surface area contributed by atoms with Crippen molar-refractivity contribution in [3.63, 3.8) is 0 Å². The molecule has 1 aliphatic carbocycles. The number of rotatable bonds is 6. The monoisotopic (exact) mass is 500 g/mol. The maximum absolute atomic E-state index is 12.6. The number of amides is 2. The van der Waals surface area contributed by atoms with Crippen LogP contribution in [0.5, 0.6) is 0 Å². The highest BCUT2D eigenvalue weighted by Crippen LogP contribution is 2.24. The molecular formula is C26H30Cl2N4O2. The van der Waals surface area contributed by atoms with E-state index in [1.165, 1.54) is 0 Å². The Labute approximate surface area is 210 Å². The molecule has 0 bridgehead atoms. The lowest BCUT2D eigenvalue weighted by molar-refractivity contribution is -0.134. The van der Waals surface area contributed by atoms with Crippen molar-refractivity contribution in [3.05, 3.63) is 87.4 Å². The standard InChI is InChI=1S/C17H20ClN3O.C9H10ClNO/c1-21(9-8-12-4-2-3-5-14(12)18)17(22)13-6-7-15-16(10-13)20-11-19-15;1-11-9(12)6-7-4-2-3-5-8(7)10/h2-5,11,13H,6-10H2,1H3,(H,19,20);2-5H,6H2,1H3,(H,11,12). The summed E-state index contributed by atoms with van der Waals surface area (Å²) in [7, 11) is 3.49. The minimum atomic E-state index is -0.0249. The quantitative estimate of drug-likeness (QED) is 0.522. The fourth-order valence-electron chi connectivity index (χ4n) is 3.93. The van der Waals surface area contributed by atoms with E-state index >= 15 is 0 Å². The van der Waals surface area contributed by atoms with Crippen LogP contribution < -0.4 is 5.32 Å². The zero-order valence-corrected chi connectivity index (χ0v) is 21.0. The molecule has 2 aromatic carbocycles. The van der Waals surface area contributed by atoms with Gasteiger partial charge in [-0.3, -0.25) is 9.59 Å². The van der Waals surface area contributed by atoms with E-state index in [1.54, 1.807) is 19.4 Å². The summed E-state index contributed by atoms with van der Waals surface area (Å²) in [5.41, 5.74) is 4.17. The molecule has 4 rings (SSSR count). The Hall–Kier alpha value is -2.83. The van der Waals surface area contributed by atoms with E-state index < -0.39 is 0 Å². The van der Waals surface area contributed by atoms with Crippen molar-refractivity contribution in [2.75, 3.05) is 20.6 Å². The van der Waals surface area contributed by atoms with Crippen molar-refractivity contribution in [2.45, 2.75) is 32.1 Å². The average molecular weight is 501 g/mol. The maximum atomic E-state index is 12.6. The predicted octanol–water partition coefficient (Wildman–Crippen LogP) is 4.50. The van der Waals surface area contributed by atoms with E-state index in [1.807, 2.05) is 54.4 Å². The van der Waals surface area contributed by atoms with Gasteiger partial charge in [-0.1, -0.05) is 59.6 Å². The number of carbonyl (C=O) groups is 2. The predicted molar refractivity (Wildman–Crippen MR) is 136 cm³/mol. The molecule has 6 nitrogen and oxygen atoms in total. The minimum absolute atomic E-state index is 0.0249. The average Bonchev–Trinajstić information content (AvgIpc) is 3.32. The Morgan fingerprint density at radius 3 is 2.38 bits per heavy atom. The molecule has 3 aromatic rings. The van der Waals surface area contributed by atoms with Crippen LogP contribution in [0.25, 0.3) is 0 Å².